The lowest BCUT2D eigenvalue weighted by atomic mass is 10.2. The predicted molar refractivity (Wildman–Crippen MR) is 237 cm³/mol. The van der Waals surface area contributed by atoms with Crippen molar-refractivity contribution in [2.45, 2.75) is 12.3 Å². The van der Waals surface area contributed by atoms with E-state index in [9.17, 15) is 0 Å². The molecule has 56 heavy (non-hydrogen) atoms. The third-order valence-electron chi connectivity index (χ3n) is 9.24. The Labute approximate surface area is 330 Å². The fourth-order valence-corrected chi connectivity index (χ4v) is 15.4. The van der Waals surface area contributed by atoms with Crippen molar-refractivity contribution in [1.29, 1.82) is 10.5 Å². The summed E-state index contributed by atoms with van der Waals surface area (Å²) < 4.78 is 0. The summed E-state index contributed by atoms with van der Waals surface area (Å²) in [5, 5.41) is 38.2. The van der Waals surface area contributed by atoms with Crippen LogP contribution < -0.4 is 31.8 Å². The summed E-state index contributed by atoms with van der Waals surface area (Å²) in [6.45, 7) is 0. The van der Waals surface area contributed by atoms with Crippen LogP contribution in [-0.2, 0) is 12.3 Å². The molecule has 0 heterocycles. The maximum absolute atomic E-state index is 7.43. The largest absolute Gasteiger partial charge is 0.422 e. The molecule has 7 aromatic carbocycles. The molecule has 0 amide bonds. The quantitative estimate of drug-likeness (QED) is 0.0786. The van der Waals surface area contributed by atoms with E-state index in [1.54, 1.807) is 0 Å². The molecule has 0 unspecified atom stereocenters. The lowest BCUT2D eigenvalue weighted by molar-refractivity contribution is 1.32. The highest BCUT2D eigenvalue weighted by Crippen LogP contribution is 2.59. The molecule has 0 aliphatic rings. The van der Waals surface area contributed by atoms with Gasteiger partial charge in [-0.05, 0) is 83.9 Å². The second-order valence-corrected chi connectivity index (χ2v) is 19.4. The minimum Gasteiger partial charge on any atom is -0.422 e. The van der Waals surface area contributed by atoms with Crippen molar-refractivity contribution in [3.05, 3.63) is 228 Å². The fraction of sp³-hybridized carbons (Fsp3) is 0.0417. The van der Waals surface area contributed by atoms with Gasteiger partial charge in [-0.1, -0.05) is 133 Å². The highest BCUT2D eigenvalue weighted by molar-refractivity contribution is 7.95. The van der Waals surface area contributed by atoms with Crippen molar-refractivity contribution in [3.8, 4) is 12.4 Å². The lowest BCUT2D eigenvalue weighted by Gasteiger charge is -2.29. The number of hydrogen-bond acceptors (Lipinski definition) is 4. The van der Waals surface area contributed by atoms with Gasteiger partial charge in [-0.25, -0.2) is 0 Å². The van der Waals surface area contributed by atoms with Crippen LogP contribution in [0.15, 0.2) is 216 Å². The van der Waals surface area contributed by atoms with Gasteiger partial charge in [0.2, 0.25) is 0 Å². The number of hydrogen-bond donors (Lipinski definition) is 0. The van der Waals surface area contributed by atoms with E-state index in [4.69, 9.17) is 21.3 Å². The first-order chi connectivity index (χ1) is 27.6. The molecule has 0 radical (unpaired) electrons. The normalized spacial score (nSPS) is 10.2. The van der Waals surface area contributed by atoms with Crippen LogP contribution in [0.5, 0.6) is 0 Å². The van der Waals surface area contributed by atoms with Crippen molar-refractivity contribution < 1.29 is 0 Å². The summed E-state index contributed by atoms with van der Waals surface area (Å²) in [6.07, 6.45) is 4.51. The van der Waals surface area contributed by atoms with E-state index in [0.717, 1.165) is 12.3 Å². The smallest absolute Gasteiger partial charge is 0.116 e. The van der Waals surface area contributed by atoms with Gasteiger partial charge in [0.1, 0.15) is 46.4 Å². The Bertz CT molecular complexity index is 2050. The second-order valence-electron chi connectivity index (χ2n) is 12.4. The standard InChI is InChI=1S/C44H38P2.2C2N3/c1-7-19-39(20-8-1)45(40-21-9-2-10-22-40,41-23-11-3-12-24-41)35-37-31-33-38(34-32-37)36-46(42-25-13-4-14-26-42,43-27-15-5-16-28-43)44-29-17-6-18-30-44;2*3-1-5-2-4/h1-34H,35-36H2;;/q+2;2*-1. The molecule has 0 aliphatic heterocycles. The first-order valence-electron chi connectivity index (χ1n) is 17.8. The molecule has 0 saturated heterocycles. The Balaban J connectivity index is 0.000000536. The van der Waals surface area contributed by atoms with Crippen LogP contribution in [0.25, 0.3) is 10.8 Å². The van der Waals surface area contributed by atoms with E-state index < -0.39 is 14.5 Å². The molecular weight excluding hydrogens is 723 g/mol. The van der Waals surface area contributed by atoms with Crippen LogP contribution in [0.1, 0.15) is 11.1 Å². The first kappa shape index (κ1) is 40.3. The van der Waals surface area contributed by atoms with Crippen LogP contribution >= 0.6 is 14.5 Å². The minimum absolute atomic E-state index is 0.974. The van der Waals surface area contributed by atoms with Gasteiger partial charge in [-0.3, -0.25) is 0 Å². The molecule has 0 aliphatic carbocycles. The zero-order valence-electron chi connectivity index (χ0n) is 30.6. The summed E-state index contributed by atoms with van der Waals surface area (Å²) in [7, 11) is -3.94. The Morgan fingerprint density at radius 3 is 0.679 bits per heavy atom. The summed E-state index contributed by atoms with van der Waals surface area (Å²) in [6, 6.07) is 79.3. The Morgan fingerprint density at radius 1 is 0.339 bits per heavy atom. The monoisotopic (exact) mass is 760 g/mol. The molecule has 6 nitrogen and oxygen atoms in total. The number of nitriles is 2. The van der Waals surface area contributed by atoms with E-state index >= 15 is 0 Å². The Morgan fingerprint density at radius 2 is 0.536 bits per heavy atom. The summed E-state index contributed by atoms with van der Waals surface area (Å²) in [5.74, 6) is 0. The van der Waals surface area contributed by atoms with Crippen molar-refractivity contribution in [2.24, 2.45) is 9.98 Å². The molecule has 270 valence electrons. The van der Waals surface area contributed by atoms with E-state index in [1.807, 2.05) is 0 Å². The van der Waals surface area contributed by atoms with Gasteiger partial charge in [-0.2, -0.15) is 10.5 Å². The van der Waals surface area contributed by atoms with E-state index in [2.05, 4.69) is 216 Å². The fourth-order valence-electron chi connectivity index (χ4n) is 6.88. The van der Waals surface area contributed by atoms with Crippen LogP contribution in [0, 0.1) is 22.9 Å². The highest BCUT2D eigenvalue weighted by Gasteiger charge is 2.47. The third kappa shape index (κ3) is 9.81. The molecule has 0 saturated carbocycles. The van der Waals surface area contributed by atoms with E-state index in [1.165, 1.54) is 67.4 Å². The third-order valence-corrected chi connectivity index (χ3v) is 18.0. The SMILES string of the molecule is N#CN=C=[N-].N#CN=C=[N-].c1ccc([P+](Cc2ccc(C[P+](c3ccccc3)(c3ccccc3)c3ccccc3)cc2)(c2ccccc2)c2ccccc2)cc1. The van der Waals surface area contributed by atoms with Gasteiger partial charge in [0.15, 0.2) is 0 Å². The Kier molecular flexibility index (Phi) is 15.2. The molecule has 0 N–H and O–H groups in total. The molecule has 7 rings (SSSR count). The topological polar surface area (TPSA) is 117 Å². The van der Waals surface area contributed by atoms with Crippen molar-refractivity contribution in [3.63, 3.8) is 0 Å². The van der Waals surface area contributed by atoms with Crippen molar-refractivity contribution in [2.75, 3.05) is 0 Å². The second kappa shape index (κ2) is 21.1. The lowest BCUT2D eigenvalue weighted by Crippen LogP contribution is -2.32. The molecule has 8 heteroatoms. The van der Waals surface area contributed by atoms with Crippen molar-refractivity contribution >= 4 is 58.4 Å². The molecule has 0 atom stereocenters. The molecule has 0 spiro atoms. The van der Waals surface area contributed by atoms with Gasteiger partial charge in [0.25, 0.3) is 0 Å². The summed E-state index contributed by atoms with van der Waals surface area (Å²) in [4.78, 5) is 5.17. The molecule has 0 aromatic heterocycles. The zero-order chi connectivity index (χ0) is 39.3. The maximum atomic E-state index is 7.43. The summed E-state index contributed by atoms with van der Waals surface area (Å²) in [5.41, 5.74) is 2.74. The Hall–Kier alpha value is -6.86. The number of benzene rings is 7. The first-order valence-corrected chi connectivity index (χ1v) is 21.7. The average molecular weight is 761 g/mol. The predicted octanol–water partition coefficient (Wildman–Crippen LogP) is 9.10. The zero-order valence-corrected chi connectivity index (χ0v) is 32.4. The van der Waals surface area contributed by atoms with Crippen LogP contribution in [0.4, 0.5) is 0 Å². The van der Waals surface area contributed by atoms with Gasteiger partial charge >= 0.3 is 0 Å². The minimum atomic E-state index is -1.97. The van der Waals surface area contributed by atoms with Crippen LogP contribution in [0.3, 0.4) is 0 Å². The van der Waals surface area contributed by atoms with Crippen LogP contribution in [-0.4, -0.2) is 12.0 Å². The van der Waals surface area contributed by atoms with E-state index in [-0.39, 0.29) is 0 Å². The number of aliphatic imine (C=N–C) groups is 2. The van der Waals surface area contributed by atoms with Gasteiger partial charge in [0.05, 0.1) is 24.7 Å². The van der Waals surface area contributed by atoms with Gasteiger partial charge < -0.3 is 20.8 Å². The highest BCUT2D eigenvalue weighted by atomic mass is 31.2. The van der Waals surface area contributed by atoms with E-state index in [0.29, 0.717) is 0 Å². The van der Waals surface area contributed by atoms with Gasteiger partial charge in [-0.15, -0.1) is 12.0 Å². The van der Waals surface area contributed by atoms with Crippen molar-refractivity contribution in [1.82, 2.24) is 0 Å². The molecule has 7 aromatic rings. The molecule has 0 bridgehead atoms. The maximum Gasteiger partial charge on any atom is 0.116 e. The molecule has 0 fully saturated rings. The summed E-state index contributed by atoms with van der Waals surface area (Å²) >= 11 is 0. The number of nitrogens with zero attached hydrogens (tertiary/aromatic N) is 6. The number of rotatable bonds is 10. The van der Waals surface area contributed by atoms with Crippen LogP contribution in [0.2, 0.25) is 0 Å². The molecular formula is C48H38N6P2. The van der Waals surface area contributed by atoms with Gasteiger partial charge in [0, 0.05) is 0 Å². The average Bonchev–Trinajstić information content (AvgIpc) is 3.28.